The van der Waals surface area contributed by atoms with Gasteiger partial charge in [-0.1, -0.05) is 29.8 Å². The highest BCUT2D eigenvalue weighted by Gasteiger charge is 2.19. The molecule has 6 nitrogen and oxygen atoms in total. The molecule has 3 aromatic rings. The number of hydrogen-bond acceptors (Lipinski definition) is 4. The fourth-order valence-electron chi connectivity index (χ4n) is 2.78. The molecule has 1 heterocycles. The Labute approximate surface area is 174 Å². The second kappa shape index (κ2) is 8.82. The number of amides is 1. The summed E-state index contributed by atoms with van der Waals surface area (Å²) in [7, 11) is -3.80. The average Bonchev–Trinajstić information content (AvgIpc) is 3.21. The lowest BCUT2D eigenvalue weighted by Gasteiger charge is -2.16. The first-order valence-corrected chi connectivity index (χ1v) is 10.8. The van der Waals surface area contributed by atoms with Crippen LogP contribution in [-0.4, -0.2) is 14.3 Å². The molecule has 0 saturated heterocycles. The van der Waals surface area contributed by atoms with Gasteiger partial charge in [0.25, 0.3) is 5.91 Å². The third kappa shape index (κ3) is 5.26. The number of benzene rings is 2. The van der Waals surface area contributed by atoms with Crippen molar-refractivity contribution >= 4 is 27.5 Å². The van der Waals surface area contributed by atoms with E-state index in [-0.39, 0.29) is 23.4 Å². The van der Waals surface area contributed by atoms with Crippen LogP contribution in [0.2, 0.25) is 5.02 Å². The maximum Gasteiger partial charge on any atom is 0.252 e. The monoisotopic (exact) mass is 432 g/mol. The lowest BCUT2D eigenvalue weighted by molar-refractivity contribution is 0.0939. The summed E-state index contributed by atoms with van der Waals surface area (Å²) < 4.78 is 32.8. The van der Waals surface area contributed by atoms with E-state index in [2.05, 4.69) is 10.0 Å². The van der Waals surface area contributed by atoms with Gasteiger partial charge in [0.1, 0.15) is 5.76 Å². The van der Waals surface area contributed by atoms with Crippen LogP contribution in [0.5, 0.6) is 0 Å². The number of furan rings is 1. The summed E-state index contributed by atoms with van der Waals surface area (Å²) in [5.41, 5.74) is 1.87. The zero-order valence-electron chi connectivity index (χ0n) is 16.0. The van der Waals surface area contributed by atoms with E-state index in [0.717, 1.165) is 5.56 Å². The van der Waals surface area contributed by atoms with Crippen molar-refractivity contribution in [3.63, 3.8) is 0 Å². The van der Waals surface area contributed by atoms with Crippen LogP contribution >= 0.6 is 11.6 Å². The Morgan fingerprint density at radius 3 is 2.52 bits per heavy atom. The summed E-state index contributed by atoms with van der Waals surface area (Å²) >= 11 is 5.90. The highest BCUT2D eigenvalue weighted by atomic mass is 35.5. The number of sulfonamides is 1. The van der Waals surface area contributed by atoms with Crippen LogP contribution in [0.25, 0.3) is 0 Å². The molecule has 0 saturated carbocycles. The smallest absolute Gasteiger partial charge is 0.252 e. The van der Waals surface area contributed by atoms with Crippen molar-refractivity contribution in [1.82, 2.24) is 10.0 Å². The van der Waals surface area contributed by atoms with Crippen molar-refractivity contribution in [2.24, 2.45) is 0 Å². The number of halogens is 1. The van der Waals surface area contributed by atoms with Crippen LogP contribution in [0.3, 0.4) is 0 Å². The number of aryl methyl sites for hydroxylation is 1. The molecular weight excluding hydrogens is 412 g/mol. The minimum Gasteiger partial charge on any atom is -0.468 e. The zero-order valence-corrected chi connectivity index (χ0v) is 17.5. The molecule has 152 valence electrons. The van der Waals surface area contributed by atoms with E-state index in [1.165, 1.54) is 18.4 Å². The van der Waals surface area contributed by atoms with Gasteiger partial charge in [-0.2, -0.15) is 0 Å². The third-order valence-electron chi connectivity index (χ3n) is 4.50. The van der Waals surface area contributed by atoms with Gasteiger partial charge in [0, 0.05) is 10.6 Å². The van der Waals surface area contributed by atoms with Gasteiger partial charge in [-0.15, -0.1) is 0 Å². The van der Waals surface area contributed by atoms with Crippen molar-refractivity contribution in [1.29, 1.82) is 0 Å². The van der Waals surface area contributed by atoms with Crippen LogP contribution < -0.4 is 10.0 Å². The lowest BCUT2D eigenvalue weighted by atomic mass is 10.1. The van der Waals surface area contributed by atoms with Gasteiger partial charge in [0.05, 0.1) is 23.7 Å². The van der Waals surface area contributed by atoms with Crippen LogP contribution in [0.15, 0.2) is 70.2 Å². The maximum atomic E-state index is 12.8. The first kappa shape index (κ1) is 21.1. The molecule has 0 aliphatic heterocycles. The lowest BCUT2D eigenvalue weighted by Crippen LogP contribution is -2.28. The predicted octanol–water partition coefficient (Wildman–Crippen LogP) is 4.21. The Morgan fingerprint density at radius 1 is 1.14 bits per heavy atom. The summed E-state index contributed by atoms with van der Waals surface area (Å²) in [6.45, 7) is 3.63. The topological polar surface area (TPSA) is 88.4 Å². The standard InChI is InChI=1S/C21H21ClN2O4S/c1-14-5-10-19(29(26,27)23-13-18-4-3-11-28-18)12-20(14)21(25)24-15(2)16-6-8-17(22)9-7-16/h3-12,15,23H,13H2,1-2H3,(H,24,25). The Hall–Kier alpha value is -2.61. The summed E-state index contributed by atoms with van der Waals surface area (Å²) in [4.78, 5) is 12.8. The van der Waals surface area contributed by atoms with Gasteiger partial charge in [-0.3, -0.25) is 4.79 Å². The quantitative estimate of drug-likeness (QED) is 0.585. The van der Waals surface area contributed by atoms with Crippen molar-refractivity contribution < 1.29 is 17.6 Å². The van der Waals surface area contributed by atoms with Crippen LogP contribution in [0.1, 0.15) is 40.2 Å². The van der Waals surface area contributed by atoms with E-state index >= 15 is 0 Å². The molecule has 0 bridgehead atoms. The molecular formula is C21H21ClN2O4S. The molecule has 1 unspecified atom stereocenters. The summed E-state index contributed by atoms with van der Waals surface area (Å²) in [6, 6.07) is 14.7. The summed E-state index contributed by atoms with van der Waals surface area (Å²) in [6.07, 6.45) is 1.47. The predicted molar refractivity (Wildman–Crippen MR) is 111 cm³/mol. The number of carbonyl (C=O) groups is 1. The molecule has 1 aromatic heterocycles. The van der Waals surface area contributed by atoms with Crippen molar-refractivity contribution in [2.45, 2.75) is 31.3 Å². The first-order chi connectivity index (χ1) is 13.8. The molecule has 29 heavy (non-hydrogen) atoms. The van der Waals surface area contributed by atoms with E-state index in [1.807, 2.05) is 19.1 Å². The van der Waals surface area contributed by atoms with Crippen molar-refractivity contribution in [2.75, 3.05) is 0 Å². The Kier molecular flexibility index (Phi) is 6.42. The molecule has 3 rings (SSSR count). The second-order valence-corrected chi connectivity index (χ2v) is 8.83. The van der Waals surface area contributed by atoms with Crippen LogP contribution in [0, 0.1) is 6.92 Å². The maximum absolute atomic E-state index is 12.8. The molecule has 1 amide bonds. The van der Waals surface area contributed by atoms with Gasteiger partial charge in [0.2, 0.25) is 10.0 Å². The second-order valence-electron chi connectivity index (χ2n) is 6.63. The molecule has 2 aromatic carbocycles. The molecule has 0 radical (unpaired) electrons. The minimum absolute atomic E-state index is 0.0129. The van der Waals surface area contributed by atoms with Gasteiger partial charge in [0.15, 0.2) is 0 Å². The van der Waals surface area contributed by atoms with Gasteiger partial charge < -0.3 is 9.73 Å². The largest absolute Gasteiger partial charge is 0.468 e. The third-order valence-corrected chi connectivity index (χ3v) is 6.15. The first-order valence-electron chi connectivity index (χ1n) is 8.95. The van der Waals surface area contributed by atoms with Gasteiger partial charge >= 0.3 is 0 Å². The average molecular weight is 433 g/mol. The Morgan fingerprint density at radius 2 is 1.86 bits per heavy atom. The van der Waals surface area contributed by atoms with E-state index in [4.69, 9.17) is 16.0 Å². The molecule has 1 atom stereocenters. The zero-order chi connectivity index (χ0) is 21.0. The molecule has 2 N–H and O–H groups in total. The highest BCUT2D eigenvalue weighted by Crippen LogP contribution is 2.19. The number of rotatable bonds is 7. The number of nitrogens with one attached hydrogen (secondary N) is 2. The SMILES string of the molecule is Cc1ccc(S(=O)(=O)NCc2ccco2)cc1C(=O)NC(C)c1ccc(Cl)cc1. The molecule has 0 aliphatic rings. The summed E-state index contributed by atoms with van der Waals surface area (Å²) in [5.74, 6) is 0.142. The van der Waals surface area contributed by atoms with E-state index in [9.17, 15) is 13.2 Å². The van der Waals surface area contributed by atoms with Crippen LogP contribution in [0.4, 0.5) is 0 Å². The van der Waals surface area contributed by atoms with Crippen LogP contribution in [-0.2, 0) is 16.6 Å². The highest BCUT2D eigenvalue weighted by molar-refractivity contribution is 7.89. The molecule has 0 spiro atoms. The fraction of sp³-hybridized carbons (Fsp3) is 0.190. The number of carbonyl (C=O) groups excluding carboxylic acids is 1. The van der Waals surface area contributed by atoms with Crippen molar-refractivity contribution in [3.05, 3.63) is 88.3 Å². The summed E-state index contributed by atoms with van der Waals surface area (Å²) in [5, 5.41) is 3.51. The van der Waals surface area contributed by atoms with Gasteiger partial charge in [-0.05, 0) is 61.4 Å². The van der Waals surface area contributed by atoms with Crippen molar-refractivity contribution in [3.8, 4) is 0 Å². The Bertz CT molecular complexity index is 1090. The van der Waals surface area contributed by atoms with E-state index in [0.29, 0.717) is 21.9 Å². The van der Waals surface area contributed by atoms with E-state index in [1.54, 1.807) is 37.3 Å². The van der Waals surface area contributed by atoms with Gasteiger partial charge in [-0.25, -0.2) is 13.1 Å². The number of hydrogen-bond donors (Lipinski definition) is 2. The Balaban J connectivity index is 1.77. The minimum atomic E-state index is -3.80. The van der Waals surface area contributed by atoms with E-state index < -0.39 is 10.0 Å². The molecule has 0 fully saturated rings. The normalized spacial score (nSPS) is 12.5. The molecule has 8 heteroatoms. The molecule has 0 aliphatic carbocycles. The fourth-order valence-corrected chi connectivity index (χ4v) is 3.93.